The van der Waals surface area contributed by atoms with E-state index in [1.165, 1.54) is 0 Å². The van der Waals surface area contributed by atoms with Crippen LogP contribution in [0.5, 0.6) is 0 Å². The normalized spacial score (nSPS) is 22.4. The molecule has 2 heterocycles. The van der Waals surface area contributed by atoms with Crippen LogP contribution in [0.4, 0.5) is 5.95 Å². The minimum Gasteiger partial charge on any atom is -0.465 e. The summed E-state index contributed by atoms with van der Waals surface area (Å²) in [6.07, 6.45) is 7.75. The number of hydrogen-bond donors (Lipinski definition) is 0. The first kappa shape index (κ1) is 21.4. The summed E-state index contributed by atoms with van der Waals surface area (Å²) in [5, 5.41) is 0. The number of rotatable bonds is 6. The summed E-state index contributed by atoms with van der Waals surface area (Å²) in [5.41, 5.74) is 2.93. The number of carbonyl (C=O) groups excluding carboxylic acids is 2. The van der Waals surface area contributed by atoms with Crippen molar-refractivity contribution in [2.75, 3.05) is 18.1 Å². The first-order chi connectivity index (χ1) is 16.2. The molecule has 0 N–H and O–H groups in total. The van der Waals surface area contributed by atoms with Crippen molar-refractivity contribution in [3.63, 3.8) is 0 Å². The van der Waals surface area contributed by atoms with Crippen molar-refractivity contribution >= 4 is 28.9 Å². The first-order valence-electron chi connectivity index (χ1n) is 11.8. The second kappa shape index (κ2) is 9.22. The van der Waals surface area contributed by atoms with Gasteiger partial charge in [0.25, 0.3) is 0 Å². The maximum absolute atomic E-state index is 13.9. The molecule has 0 saturated heterocycles. The summed E-state index contributed by atoms with van der Waals surface area (Å²) in [6, 6.07) is 17.7. The number of para-hydroxylation sites is 2. The van der Waals surface area contributed by atoms with Crippen LogP contribution in [0.25, 0.3) is 11.0 Å². The standard InChI is InChI=1S/C27H29N3O3/c1-2-33-26(32)23-24(20-13-7-4-8-14-20)30-22-16-10-9-15-21(22)28-27(30)29(25(23)31)18-17-19-11-5-3-6-12-19/h3-7,9-12,15-16,20,23-24H,2,8,13-14,17-18H2,1H3/t20-,23-,24-/m1/s1. The summed E-state index contributed by atoms with van der Waals surface area (Å²) >= 11 is 0. The van der Waals surface area contributed by atoms with Crippen LogP contribution in [0.1, 0.15) is 37.8 Å². The quantitative estimate of drug-likeness (QED) is 0.315. The first-order valence-corrected chi connectivity index (χ1v) is 11.8. The fourth-order valence-electron chi connectivity index (χ4n) is 5.26. The van der Waals surface area contributed by atoms with Gasteiger partial charge in [-0.05, 0) is 56.2 Å². The molecule has 0 saturated carbocycles. The topological polar surface area (TPSA) is 64.4 Å². The number of esters is 1. The molecule has 6 heteroatoms. The molecule has 1 aliphatic carbocycles. The van der Waals surface area contributed by atoms with Crippen molar-refractivity contribution in [1.29, 1.82) is 0 Å². The zero-order valence-electron chi connectivity index (χ0n) is 18.9. The van der Waals surface area contributed by atoms with Gasteiger partial charge >= 0.3 is 5.97 Å². The number of nitrogens with zero attached hydrogens (tertiary/aromatic N) is 3. The van der Waals surface area contributed by atoms with E-state index in [1.807, 2.05) is 42.5 Å². The zero-order valence-corrected chi connectivity index (χ0v) is 18.9. The highest BCUT2D eigenvalue weighted by Crippen LogP contribution is 2.44. The Morgan fingerprint density at radius 2 is 1.88 bits per heavy atom. The van der Waals surface area contributed by atoms with Crippen LogP contribution in [-0.4, -0.2) is 34.6 Å². The van der Waals surface area contributed by atoms with E-state index in [4.69, 9.17) is 9.72 Å². The molecule has 2 aromatic carbocycles. The number of carbonyl (C=O) groups is 2. The number of aromatic nitrogens is 2. The summed E-state index contributed by atoms with van der Waals surface area (Å²) in [6.45, 7) is 2.50. The Hall–Kier alpha value is -3.41. The van der Waals surface area contributed by atoms with E-state index >= 15 is 0 Å². The van der Waals surface area contributed by atoms with E-state index in [1.54, 1.807) is 11.8 Å². The molecule has 0 radical (unpaired) electrons. The predicted molar refractivity (Wildman–Crippen MR) is 128 cm³/mol. The van der Waals surface area contributed by atoms with Crippen molar-refractivity contribution in [1.82, 2.24) is 9.55 Å². The SMILES string of the molecule is CCOC(=O)[C@H]1C(=O)N(CCc2ccccc2)c2nc3ccccc3n2[C@@H]1[C@@H]1CC=CCC1. The summed E-state index contributed by atoms with van der Waals surface area (Å²) in [5.74, 6) is -0.706. The van der Waals surface area contributed by atoms with Crippen molar-refractivity contribution < 1.29 is 14.3 Å². The largest absolute Gasteiger partial charge is 0.465 e. The lowest BCUT2D eigenvalue weighted by molar-refractivity contribution is -0.155. The van der Waals surface area contributed by atoms with Gasteiger partial charge in [-0.1, -0.05) is 54.6 Å². The molecule has 3 aromatic rings. The molecule has 0 fully saturated rings. The molecule has 1 aromatic heterocycles. The van der Waals surface area contributed by atoms with Crippen LogP contribution in [0.2, 0.25) is 0 Å². The van der Waals surface area contributed by atoms with Gasteiger partial charge in [0.15, 0.2) is 5.92 Å². The van der Waals surface area contributed by atoms with E-state index in [0.29, 0.717) is 18.9 Å². The van der Waals surface area contributed by atoms with Crippen LogP contribution in [0, 0.1) is 11.8 Å². The number of amides is 1. The van der Waals surface area contributed by atoms with E-state index in [0.717, 1.165) is 35.9 Å². The molecule has 0 unspecified atom stereocenters. The number of allylic oxidation sites excluding steroid dienone is 2. The van der Waals surface area contributed by atoms with Crippen LogP contribution in [-0.2, 0) is 20.7 Å². The highest BCUT2D eigenvalue weighted by Gasteiger charge is 2.49. The average Bonchev–Trinajstić information content (AvgIpc) is 3.23. The van der Waals surface area contributed by atoms with E-state index in [2.05, 4.69) is 28.9 Å². The van der Waals surface area contributed by atoms with Gasteiger partial charge in [-0.2, -0.15) is 0 Å². The fourth-order valence-corrected chi connectivity index (χ4v) is 5.26. The smallest absolute Gasteiger partial charge is 0.320 e. The molecule has 5 rings (SSSR count). The lowest BCUT2D eigenvalue weighted by atomic mass is 9.79. The molecule has 1 aliphatic heterocycles. The number of anilines is 1. The highest BCUT2D eigenvalue weighted by atomic mass is 16.5. The third-order valence-corrected chi connectivity index (χ3v) is 6.79. The number of fused-ring (bicyclic) bond motifs is 3. The van der Waals surface area contributed by atoms with Gasteiger partial charge in [0.2, 0.25) is 11.9 Å². The van der Waals surface area contributed by atoms with Gasteiger partial charge in [0, 0.05) is 6.54 Å². The Balaban J connectivity index is 1.63. The molecule has 1 amide bonds. The molecule has 0 bridgehead atoms. The Labute approximate surface area is 193 Å². The Morgan fingerprint density at radius 3 is 2.64 bits per heavy atom. The Kier molecular flexibility index (Phi) is 5.99. The van der Waals surface area contributed by atoms with Gasteiger partial charge in [0.1, 0.15) is 0 Å². The van der Waals surface area contributed by atoms with Gasteiger partial charge < -0.3 is 9.30 Å². The van der Waals surface area contributed by atoms with E-state index < -0.39 is 11.9 Å². The van der Waals surface area contributed by atoms with Gasteiger partial charge in [-0.15, -0.1) is 0 Å². The van der Waals surface area contributed by atoms with Crippen LogP contribution < -0.4 is 4.90 Å². The number of ether oxygens (including phenoxy) is 1. The molecule has 170 valence electrons. The zero-order chi connectivity index (χ0) is 22.8. The van der Waals surface area contributed by atoms with Crippen molar-refractivity contribution in [3.05, 3.63) is 72.3 Å². The summed E-state index contributed by atoms with van der Waals surface area (Å²) in [7, 11) is 0. The molecule has 2 aliphatic rings. The summed E-state index contributed by atoms with van der Waals surface area (Å²) < 4.78 is 7.60. The van der Waals surface area contributed by atoms with Crippen LogP contribution in [0.3, 0.4) is 0 Å². The van der Waals surface area contributed by atoms with Crippen molar-refractivity contribution in [2.45, 2.75) is 38.6 Å². The number of imidazole rings is 1. The molecule has 33 heavy (non-hydrogen) atoms. The molecule has 6 nitrogen and oxygen atoms in total. The minimum atomic E-state index is -0.873. The highest BCUT2D eigenvalue weighted by molar-refractivity contribution is 6.08. The van der Waals surface area contributed by atoms with Crippen molar-refractivity contribution in [3.8, 4) is 0 Å². The van der Waals surface area contributed by atoms with Gasteiger partial charge in [-0.25, -0.2) is 4.98 Å². The van der Waals surface area contributed by atoms with Crippen molar-refractivity contribution in [2.24, 2.45) is 11.8 Å². The maximum Gasteiger partial charge on any atom is 0.320 e. The second-order valence-corrected chi connectivity index (χ2v) is 8.76. The second-order valence-electron chi connectivity index (χ2n) is 8.76. The molecular formula is C27H29N3O3. The maximum atomic E-state index is 13.9. The van der Waals surface area contributed by atoms with Crippen LogP contribution in [0.15, 0.2) is 66.7 Å². The van der Waals surface area contributed by atoms with E-state index in [-0.39, 0.29) is 24.5 Å². The van der Waals surface area contributed by atoms with Gasteiger partial charge in [-0.3, -0.25) is 14.5 Å². The van der Waals surface area contributed by atoms with E-state index in [9.17, 15) is 9.59 Å². The lowest BCUT2D eigenvalue weighted by Crippen LogP contribution is -2.52. The molecule has 0 spiro atoms. The van der Waals surface area contributed by atoms with Crippen LogP contribution >= 0.6 is 0 Å². The number of benzene rings is 2. The molecular weight excluding hydrogens is 414 g/mol. The molecule has 3 atom stereocenters. The minimum absolute atomic E-state index is 0.168. The Bertz CT molecular complexity index is 1180. The average molecular weight is 444 g/mol. The summed E-state index contributed by atoms with van der Waals surface area (Å²) in [4.78, 5) is 33.7. The Morgan fingerprint density at radius 1 is 1.09 bits per heavy atom. The lowest BCUT2D eigenvalue weighted by Gasteiger charge is -2.41. The third-order valence-electron chi connectivity index (χ3n) is 6.79. The fraction of sp³-hybridized carbons (Fsp3) is 0.370. The van der Waals surface area contributed by atoms with Gasteiger partial charge in [0.05, 0.1) is 23.7 Å². The number of hydrogen-bond acceptors (Lipinski definition) is 4. The third kappa shape index (κ3) is 3.94. The predicted octanol–water partition coefficient (Wildman–Crippen LogP) is 4.70. The monoisotopic (exact) mass is 443 g/mol.